The van der Waals surface area contributed by atoms with E-state index < -0.39 is 0 Å². The SMILES string of the molecule is Cc1ccc(NC(=O)CN2C(C)CCCC2C)cc1C. The summed E-state index contributed by atoms with van der Waals surface area (Å²) in [6, 6.07) is 7.07. The first-order valence-corrected chi connectivity index (χ1v) is 7.60. The zero-order valence-corrected chi connectivity index (χ0v) is 13.1. The molecule has 2 unspecified atom stereocenters. The Hall–Kier alpha value is -1.35. The predicted octanol–water partition coefficient (Wildman–Crippen LogP) is 3.50. The van der Waals surface area contributed by atoms with Crippen molar-refractivity contribution in [1.29, 1.82) is 0 Å². The number of piperidine rings is 1. The summed E-state index contributed by atoms with van der Waals surface area (Å²) in [5.41, 5.74) is 3.36. The molecule has 0 saturated carbocycles. The molecule has 1 aliphatic rings. The van der Waals surface area contributed by atoms with Crippen LogP contribution in [0.25, 0.3) is 0 Å². The van der Waals surface area contributed by atoms with Crippen LogP contribution in [0, 0.1) is 13.8 Å². The number of carbonyl (C=O) groups excluding carboxylic acids is 1. The molecule has 3 heteroatoms. The van der Waals surface area contributed by atoms with Gasteiger partial charge in [-0.05, 0) is 63.8 Å². The number of nitrogens with one attached hydrogen (secondary N) is 1. The molecule has 1 aromatic rings. The van der Waals surface area contributed by atoms with Crippen LogP contribution in [0.3, 0.4) is 0 Å². The number of hydrogen-bond acceptors (Lipinski definition) is 2. The van der Waals surface area contributed by atoms with Gasteiger partial charge in [-0.3, -0.25) is 9.69 Å². The second-order valence-electron chi connectivity index (χ2n) is 6.15. The third-order valence-corrected chi connectivity index (χ3v) is 4.49. The van der Waals surface area contributed by atoms with Crippen LogP contribution in [0.1, 0.15) is 44.2 Å². The number of rotatable bonds is 3. The molecule has 0 aromatic heterocycles. The summed E-state index contributed by atoms with van der Waals surface area (Å²) < 4.78 is 0. The largest absolute Gasteiger partial charge is 0.325 e. The first kappa shape index (κ1) is 15.0. The lowest BCUT2D eigenvalue weighted by atomic mass is 9.97. The number of likely N-dealkylation sites (tertiary alicyclic amines) is 1. The van der Waals surface area contributed by atoms with Crippen molar-refractivity contribution in [3.63, 3.8) is 0 Å². The van der Waals surface area contributed by atoms with E-state index in [9.17, 15) is 4.79 Å². The zero-order chi connectivity index (χ0) is 14.7. The van der Waals surface area contributed by atoms with Crippen LogP contribution < -0.4 is 5.32 Å². The summed E-state index contributed by atoms with van der Waals surface area (Å²) in [4.78, 5) is 14.5. The monoisotopic (exact) mass is 274 g/mol. The van der Waals surface area contributed by atoms with Crippen molar-refractivity contribution < 1.29 is 4.79 Å². The third-order valence-electron chi connectivity index (χ3n) is 4.49. The molecule has 1 fully saturated rings. The molecule has 1 aromatic carbocycles. The smallest absolute Gasteiger partial charge is 0.238 e. The Balaban J connectivity index is 1.96. The quantitative estimate of drug-likeness (QED) is 0.915. The average Bonchev–Trinajstić information content (AvgIpc) is 2.38. The second-order valence-corrected chi connectivity index (χ2v) is 6.15. The normalized spacial score (nSPS) is 23.6. The fourth-order valence-electron chi connectivity index (χ4n) is 2.97. The van der Waals surface area contributed by atoms with Crippen molar-refractivity contribution in [1.82, 2.24) is 4.90 Å². The second kappa shape index (κ2) is 6.40. The number of aryl methyl sites for hydroxylation is 2. The third kappa shape index (κ3) is 3.60. The molecule has 110 valence electrons. The first-order valence-electron chi connectivity index (χ1n) is 7.60. The molecule has 0 aliphatic carbocycles. The van der Waals surface area contributed by atoms with Crippen LogP contribution in [-0.2, 0) is 4.79 Å². The van der Waals surface area contributed by atoms with Crippen molar-refractivity contribution in [3.05, 3.63) is 29.3 Å². The fraction of sp³-hybridized carbons (Fsp3) is 0.588. The summed E-state index contributed by atoms with van der Waals surface area (Å²) >= 11 is 0. The van der Waals surface area contributed by atoms with Gasteiger partial charge in [-0.1, -0.05) is 12.5 Å². The van der Waals surface area contributed by atoms with E-state index in [1.54, 1.807) is 0 Å². The highest BCUT2D eigenvalue weighted by Gasteiger charge is 2.26. The standard InChI is InChI=1S/C17H26N2O/c1-12-8-9-16(10-13(12)2)18-17(20)11-19-14(3)6-5-7-15(19)4/h8-10,14-15H,5-7,11H2,1-4H3,(H,18,20). The van der Waals surface area contributed by atoms with Gasteiger partial charge in [-0.25, -0.2) is 0 Å². The van der Waals surface area contributed by atoms with Crippen LogP contribution in [0.5, 0.6) is 0 Å². The van der Waals surface area contributed by atoms with Gasteiger partial charge in [0.05, 0.1) is 6.54 Å². The molecule has 1 heterocycles. The van der Waals surface area contributed by atoms with Gasteiger partial charge in [0.2, 0.25) is 5.91 Å². The highest BCUT2D eigenvalue weighted by atomic mass is 16.2. The molecular formula is C17H26N2O. The van der Waals surface area contributed by atoms with E-state index in [-0.39, 0.29) is 5.91 Å². The van der Waals surface area contributed by atoms with Crippen LogP contribution in [0.15, 0.2) is 18.2 Å². The number of benzene rings is 1. The lowest BCUT2D eigenvalue weighted by Gasteiger charge is -2.38. The van der Waals surface area contributed by atoms with Crippen molar-refractivity contribution in [2.45, 2.75) is 59.0 Å². The number of hydrogen-bond donors (Lipinski definition) is 1. The Kier molecular flexibility index (Phi) is 4.81. The van der Waals surface area contributed by atoms with Gasteiger partial charge in [0.25, 0.3) is 0 Å². The highest BCUT2D eigenvalue weighted by Crippen LogP contribution is 2.22. The maximum Gasteiger partial charge on any atom is 0.238 e. The topological polar surface area (TPSA) is 32.3 Å². The lowest BCUT2D eigenvalue weighted by molar-refractivity contribution is -0.118. The van der Waals surface area contributed by atoms with Crippen LogP contribution in [0.2, 0.25) is 0 Å². The minimum absolute atomic E-state index is 0.0915. The molecule has 0 radical (unpaired) electrons. The number of anilines is 1. The molecule has 1 saturated heterocycles. The van der Waals surface area contributed by atoms with Crippen LogP contribution >= 0.6 is 0 Å². The van der Waals surface area contributed by atoms with Gasteiger partial charge in [0.15, 0.2) is 0 Å². The van der Waals surface area contributed by atoms with E-state index in [1.165, 1.54) is 30.4 Å². The van der Waals surface area contributed by atoms with Gasteiger partial charge in [-0.2, -0.15) is 0 Å². The number of nitrogens with zero attached hydrogens (tertiary/aromatic N) is 1. The first-order chi connectivity index (χ1) is 9.47. The molecular weight excluding hydrogens is 248 g/mol. The lowest BCUT2D eigenvalue weighted by Crippen LogP contribution is -2.47. The van der Waals surface area contributed by atoms with E-state index in [4.69, 9.17) is 0 Å². The van der Waals surface area contributed by atoms with Crippen molar-refractivity contribution >= 4 is 11.6 Å². The van der Waals surface area contributed by atoms with Gasteiger partial charge >= 0.3 is 0 Å². The van der Waals surface area contributed by atoms with Crippen LogP contribution in [-0.4, -0.2) is 29.4 Å². The molecule has 20 heavy (non-hydrogen) atoms. The minimum atomic E-state index is 0.0915. The Labute approximate surface area is 122 Å². The summed E-state index contributed by atoms with van der Waals surface area (Å²) in [6.45, 7) is 9.09. The van der Waals surface area contributed by atoms with E-state index in [0.717, 1.165) is 5.69 Å². The Morgan fingerprint density at radius 2 is 1.85 bits per heavy atom. The zero-order valence-electron chi connectivity index (χ0n) is 13.1. The maximum absolute atomic E-state index is 12.2. The average molecular weight is 274 g/mol. The molecule has 1 aliphatic heterocycles. The molecule has 0 spiro atoms. The summed E-state index contributed by atoms with van der Waals surface area (Å²) in [6.07, 6.45) is 3.67. The van der Waals surface area contributed by atoms with Gasteiger partial charge in [0.1, 0.15) is 0 Å². The van der Waals surface area contributed by atoms with Crippen molar-refractivity contribution in [2.75, 3.05) is 11.9 Å². The molecule has 1 amide bonds. The Morgan fingerprint density at radius 3 is 2.45 bits per heavy atom. The molecule has 3 nitrogen and oxygen atoms in total. The van der Waals surface area contributed by atoms with E-state index in [2.05, 4.69) is 44.0 Å². The summed E-state index contributed by atoms with van der Waals surface area (Å²) in [5.74, 6) is 0.0915. The minimum Gasteiger partial charge on any atom is -0.325 e. The van der Waals surface area contributed by atoms with Crippen molar-refractivity contribution in [2.24, 2.45) is 0 Å². The summed E-state index contributed by atoms with van der Waals surface area (Å²) in [7, 11) is 0. The molecule has 2 atom stereocenters. The fourth-order valence-corrected chi connectivity index (χ4v) is 2.97. The Bertz CT molecular complexity index is 474. The summed E-state index contributed by atoms with van der Waals surface area (Å²) in [5, 5.41) is 3.02. The predicted molar refractivity (Wildman–Crippen MR) is 84.0 cm³/mol. The van der Waals surface area contributed by atoms with Gasteiger partial charge in [-0.15, -0.1) is 0 Å². The number of amides is 1. The van der Waals surface area contributed by atoms with E-state index >= 15 is 0 Å². The van der Waals surface area contributed by atoms with Gasteiger partial charge in [0, 0.05) is 17.8 Å². The maximum atomic E-state index is 12.2. The molecule has 1 N–H and O–H groups in total. The molecule has 2 rings (SSSR count). The highest BCUT2D eigenvalue weighted by molar-refractivity contribution is 5.92. The van der Waals surface area contributed by atoms with E-state index in [0.29, 0.717) is 18.6 Å². The Morgan fingerprint density at radius 1 is 1.20 bits per heavy atom. The molecule has 0 bridgehead atoms. The van der Waals surface area contributed by atoms with Crippen LogP contribution in [0.4, 0.5) is 5.69 Å². The van der Waals surface area contributed by atoms with Crippen molar-refractivity contribution in [3.8, 4) is 0 Å². The van der Waals surface area contributed by atoms with Gasteiger partial charge < -0.3 is 5.32 Å². The number of carbonyl (C=O) groups is 1. The van der Waals surface area contributed by atoms with E-state index in [1.807, 2.05) is 12.1 Å².